The molecule has 4 saturated carbocycles. The lowest BCUT2D eigenvalue weighted by atomic mass is 9.49. The van der Waals surface area contributed by atoms with Crippen molar-refractivity contribution in [3.8, 4) is 0 Å². The molecule has 0 aromatic carbocycles. The summed E-state index contributed by atoms with van der Waals surface area (Å²) in [5.74, 6) is -0.0253. The van der Waals surface area contributed by atoms with Crippen LogP contribution < -0.4 is 5.73 Å². The van der Waals surface area contributed by atoms with Gasteiger partial charge in [0.1, 0.15) is 0 Å². The fraction of sp³-hybridized carbons (Fsp3) is 0.667. The van der Waals surface area contributed by atoms with Crippen LogP contribution in [0.4, 0.5) is 0 Å². The van der Waals surface area contributed by atoms with Gasteiger partial charge in [0.05, 0.1) is 0 Å². The highest BCUT2D eigenvalue weighted by molar-refractivity contribution is 5.89. The summed E-state index contributed by atoms with van der Waals surface area (Å²) < 4.78 is 0. The molecular formula is C15H21NO5. The number of primary amides is 1. The van der Waals surface area contributed by atoms with Crippen molar-refractivity contribution in [3.05, 3.63) is 12.2 Å². The van der Waals surface area contributed by atoms with Gasteiger partial charge in [0, 0.05) is 17.6 Å². The number of carboxylic acid groups (broad SMARTS) is 2. The third kappa shape index (κ3) is 3.62. The molecule has 0 aliphatic heterocycles. The van der Waals surface area contributed by atoms with Gasteiger partial charge in [-0.2, -0.15) is 0 Å². The minimum absolute atomic E-state index is 0.00778. The van der Waals surface area contributed by atoms with Crippen molar-refractivity contribution in [1.29, 1.82) is 0 Å². The van der Waals surface area contributed by atoms with Gasteiger partial charge in [-0.3, -0.25) is 4.79 Å². The Morgan fingerprint density at radius 1 is 0.857 bits per heavy atom. The van der Waals surface area contributed by atoms with Crippen LogP contribution in [-0.2, 0) is 14.4 Å². The first-order valence-corrected chi connectivity index (χ1v) is 7.24. The lowest BCUT2D eigenvalue weighted by Gasteiger charge is -2.55. The summed E-state index contributed by atoms with van der Waals surface area (Å²) in [6.45, 7) is 0. The molecule has 0 spiro atoms. The van der Waals surface area contributed by atoms with Gasteiger partial charge in [0.25, 0.3) is 0 Å². The highest BCUT2D eigenvalue weighted by atomic mass is 16.4. The summed E-state index contributed by atoms with van der Waals surface area (Å²) in [4.78, 5) is 30.6. The number of hydrogen-bond acceptors (Lipinski definition) is 3. The van der Waals surface area contributed by atoms with Crippen molar-refractivity contribution < 1.29 is 24.6 Å². The van der Waals surface area contributed by atoms with Crippen LogP contribution in [-0.4, -0.2) is 28.1 Å². The summed E-state index contributed by atoms with van der Waals surface area (Å²) in [5, 5.41) is 15.6. The van der Waals surface area contributed by atoms with Crippen molar-refractivity contribution in [2.75, 3.05) is 0 Å². The number of aliphatic carboxylic acids is 2. The predicted octanol–water partition coefficient (Wildman–Crippen LogP) is 1.40. The Balaban J connectivity index is 0.000000177. The van der Waals surface area contributed by atoms with Crippen molar-refractivity contribution in [2.45, 2.75) is 38.5 Å². The van der Waals surface area contributed by atoms with E-state index in [-0.39, 0.29) is 11.3 Å². The Labute approximate surface area is 123 Å². The van der Waals surface area contributed by atoms with Gasteiger partial charge >= 0.3 is 11.9 Å². The summed E-state index contributed by atoms with van der Waals surface area (Å²) in [5.41, 5.74) is 5.49. The molecular weight excluding hydrogens is 274 g/mol. The maximum Gasteiger partial charge on any atom is 0.328 e. The van der Waals surface area contributed by atoms with Crippen LogP contribution in [0.2, 0.25) is 0 Å². The molecule has 0 radical (unpaired) electrons. The molecule has 4 N–H and O–H groups in total. The molecule has 0 aromatic rings. The van der Waals surface area contributed by atoms with Gasteiger partial charge in [-0.1, -0.05) is 0 Å². The topological polar surface area (TPSA) is 118 Å². The molecule has 0 heterocycles. The molecule has 6 nitrogen and oxygen atoms in total. The number of hydrogen-bond donors (Lipinski definition) is 3. The smallest absolute Gasteiger partial charge is 0.328 e. The Morgan fingerprint density at radius 2 is 1.19 bits per heavy atom. The minimum Gasteiger partial charge on any atom is -0.478 e. The number of carbonyl (C=O) groups excluding carboxylic acids is 1. The van der Waals surface area contributed by atoms with Crippen LogP contribution >= 0.6 is 0 Å². The zero-order valence-corrected chi connectivity index (χ0v) is 11.8. The summed E-state index contributed by atoms with van der Waals surface area (Å²) in [6, 6.07) is 0. The van der Waals surface area contributed by atoms with Crippen molar-refractivity contribution in [2.24, 2.45) is 28.9 Å². The zero-order valence-electron chi connectivity index (χ0n) is 11.8. The van der Waals surface area contributed by atoms with E-state index in [2.05, 4.69) is 0 Å². The van der Waals surface area contributed by atoms with Gasteiger partial charge in [-0.05, 0) is 56.3 Å². The van der Waals surface area contributed by atoms with E-state index in [0.717, 1.165) is 37.0 Å². The molecule has 21 heavy (non-hydrogen) atoms. The van der Waals surface area contributed by atoms with E-state index < -0.39 is 11.9 Å². The van der Waals surface area contributed by atoms with Gasteiger partial charge in [-0.25, -0.2) is 9.59 Å². The lowest BCUT2D eigenvalue weighted by Crippen LogP contribution is -2.52. The highest BCUT2D eigenvalue weighted by Crippen LogP contribution is 2.59. The van der Waals surface area contributed by atoms with Gasteiger partial charge < -0.3 is 15.9 Å². The second-order valence-electron chi connectivity index (χ2n) is 6.57. The summed E-state index contributed by atoms with van der Waals surface area (Å²) >= 11 is 0. The maximum absolute atomic E-state index is 11.5. The van der Waals surface area contributed by atoms with E-state index in [1.807, 2.05) is 0 Å². The quantitative estimate of drug-likeness (QED) is 0.680. The third-order valence-electron chi connectivity index (χ3n) is 4.93. The van der Waals surface area contributed by atoms with Crippen molar-refractivity contribution in [1.82, 2.24) is 0 Å². The average Bonchev–Trinajstić information content (AvgIpc) is 2.35. The molecule has 0 saturated heterocycles. The molecule has 4 aliphatic rings. The molecule has 4 bridgehead atoms. The second kappa shape index (κ2) is 5.87. The SMILES string of the molecule is NC(=O)C12CC3CC(CC(C3)C1)C2.O=C(O)/C=C\C(=O)O. The summed E-state index contributed by atoms with van der Waals surface area (Å²) in [6.07, 6.45) is 8.58. The van der Waals surface area contributed by atoms with E-state index in [9.17, 15) is 14.4 Å². The molecule has 0 aromatic heterocycles. The van der Waals surface area contributed by atoms with Gasteiger partial charge in [0.2, 0.25) is 5.91 Å². The fourth-order valence-electron chi connectivity index (χ4n) is 4.55. The molecule has 4 fully saturated rings. The largest absolute Gasteiger partial charge is 0.478 e. The standard InChI is InChI=1S/C11H17NO.C4H4O4/c12-10(13)11-4-7-1-8(5-11)3-9(2-7)6-11;5-3(6)1-2-4(7)8/h7-9H,1-6H2,(H2,12,13);1-2H,(H,5,6)(H,7,8)/b;2-1-. The minimum atomic E-state index is -1.26. The Bertz CT molecular complexity index is 431. The van der Waals surface area contributed by atoms with E-state index >= 15 is 0 Å². The Kier molecular flexibility index (Phi) is 4.34. The second-order valence-corrected chi connectivity index (χ2v) is 6.57. The Hall–Kier alpha value is -1.85. The number of carboxylic acids is 2. The summed E-state index contributed by atoms with van der Waals surface area (Å²) in [7, 11) is 0. The Morgan fingerprint density at radius 3 is 1.43 bits per heavy atom. The lowest BCUT2D eigenvalue weighted by molar-refractivity contribution is -0.142. The first kappa shape index (κ1) is 15.5. The van der Waals surface area contributed by atoms with E-state index in [1.165, 1.54) is 19.3 Å². The van der Waals surface area contributed by atoms with Crippen LogP contribution in [0.3, 0.4) is 0 Å². The molecule has 6 heteroatoms. The predicted molar refractivity (Wildman–Crippen MR) is 74.2 cm³/mol. The molecule has 1 amide bonds. The van der Waals surface area contributed by atoms with Crippen molar-refractivity contribution >= 4 is 17.8 Å². The van der Waals surface area contributed by atoms with Crippen LogP contribution in [0.5, 0.6) is 0 Å². The average molecular weight is 295 g/mol. The van der Waals surface area contributed by atoms with Crippen LogP contribution in [0.25, 0.3) is 0 Å². The van der Waals surface area contributed by atoms with Crippen LogP contribution in [0, 0.1) is 23.2 Å². The number of amides is 1. The molecule has 116 valence electrons. The first-order chi connectivity index (χ1) is 9.80. The number of carbonyl (C=O) groups is 3. The zero-order chi connectivity index (χ0) is 15.6. The molecule has 0 atom stereocenters. The number of nitrogens with two attached hydrogens (primary N) is 1. The van der Waals surface area contributed by atoms with E-state index in [4.69, 9.17) is 15.9 Å². The van der Waals surface area contributed by atoms with Crippen LogP contribution in [0.1, 0.15) is 38.5 Å². The molecule has 4 rings (SSSR count). The van der Waals surface area contributed by atoms with Gasteiger partial charge in [0.15, 0.2) is 0 Å². The molecule has 4 aliphatic carbocycles. The van der Waals surface area contributed by atoms with Crippen LogP contribution in [0.15, 0.2) is 12.2 Å². The maximum atomic E-state index is 11.5. The molecule has 0 unspecified atom stereocenters. The van der Waals surface area contributed by atoms with E-state index in [1.54, 1.807) is 0 Å². The number of rotatable bonds is 3. The normalized spacial score (nSPS) is 36.1. The monoisotopic (exact) mass is 295 g/mol. The van der Waals surface area contributed by atoms with E-state index in [0.29, 0.717) is 12.2 Å². The van der Waals surface area contributed by atoms with Crippen molar-refractivity contribution in [3.63, 3.8) is 0 Å². The third-order valence-corrected chi connectivity index (χ3v) is 4.93. The van der Waals surface area contributed by atoms with Gasteiger partial charge in [-0.15, -0.1) is 0 Å². The first-order valence-electron chi connectivity index (χ1n) is 7.24. The highest BCUT2D eigenvalue weighted by Gasteiger charge is 2.53. The fourth-order valence-corrected chi connectivity index (χ4v) is 4.55.